The number of carbonyl (C=O) groups excluding carboxylic acids is 1. The van der Waals surface area contributed by atoms with Crippen LogP contribution in [0.15, 0.2) is 90.2 Å². The fourth-order valence-electron chi connectivity index (χ4n) is 4.74. The summed E-state index contributed by atoms with van der Waals surface area (Å²) in [5, 5.41) is 10.0. The minimum Gasteiger partial charge on any atom is -0.497 e. The van der Waals surface area contributed by atoms with E-state index in [1.54, 1.807) is 13.2 Å². The van der Waals surface area contributed by atoms with Gasteiger partial charge in [-0.3, -0.25) is 4.79 Å². The van der Waals surface area contributed by atoms with Gasteiger partial charge in [-0.25, -0.2) is 4.79 Å². The third-order valence-electron chi connectivity index (χ3n) is 6.63. The van der Waals surface area contributed by atoms with Crippen molar-refractivity contribution in [1.29, 1.82) is 0 Å². The predicted molar refractivity (Wildman–Crippen MR) is 128 cm³/mol. The van der Waals surface area contributed by atoms with Crippen LogP contribution in [0.2, 0.25) is 0 Å². The van der Waals surface area contributed by atoms with Gasteiger partial charge in [-0.05, 0) is 55.0 Å². The Kier molecular flexibility index (Phi) is 6.50. The molecule has 33 heavy (non-hydrogen) atoms. The highest BCUT2D eigenvalue weighted by Crippen LogP contribution is 2.48. The molecule has 1 fully saturated rings. The molecule has 170 valence electrons. The van der Waals surface area contributed by atoms with Crippen molar-refractivity contribution in [2.45, 2.75) is 31.1 Å². The van der Waals surface area contributed by atoms with E-state index in [1.807, 2.05) is 42.5 Å². The van der Waals surface area contributed by atoms with E-state index in [0.717, 1.165) is 43.6 Å². The number of ether oxygens (including phenoxy) is 1. The fraction of sp³-hybridized carbons (Fsp3) is 0.286. The van der Waals surface area contributed by atoms with Crippen LogP contribution >= 0.6 is 0 Å². The Morgan fingerprint density at radius 3 is 2.36 bits per heavy atom. The topological polar surface area (TPSA) is 66.8 Å². The van der Waals surface area contributed by atoms with Crippen LogP contribution in [0.1, 0.15) is 30.4 Å². The molecule has 1 heterocycles. The molecule has 1 N–H and O–H groups in total. The Morgan fingerprint density at radius 1 is 1.09 bits per heavy atom. The van der Waals surface area contributed by atoms with Gasteiger partial charge >= 0.3 is 5.97 Å². The molecular weight excluding hydrogens is 414 g/mol. The molecule has 0 saturated carbocycles. The lowest BCUT2D eigenvalue weighted by Crippen LogP contribution is -2.48. The van der Waals surface area contributed by atoms with Gasteiger partial charge in [0.1, 0.15) is 5.75 Å². The van der Waals surface area contributed by atoms with E-state index in [-0.39, 0.29) is 11.4 Å². The molecule has 2 aliphatic rings. The first-order chi connectivity index (χ1) is 16.0. The van der Waals surface area contributed by atoms with Gasteiger partial charge in [0, 0.05) is 24.4 Å². The van der Waals surface area contributed by atoms with E-state index >= 15 is 0 Å². The van der Waals surface area contributed by atoms with Crippen LogP contribution in [-0.2, 0) is 21.4 Å². The molecule has 0 radical (unpaired) electrons. The minimum absolute atomic E-state index is 0.0406. The van der Waals surface area contributed by atoms with Gasteiger partial charge in [0.15, 0.2) is 5.78 Å². The van der Waals surface area contributed by atoms with Crippen molar-refractivity contribution in [1.82, 2.24) is 4.90 Å². The molecule has 1 aliphatic carbocycles. The van der Waals surface area contributed by atoms with Crippen LogP contribution in [-0.4, -0.2) is 42.0 Å². The molecular formula is C28H29NO4. The summed E-state index contributed by atoms with van der Waals surface area (Å²) in [5.74, 6) is -0.443. The van der Waals surface area contributed by atoms with Crippen molar-refractivity contribution in [3.63, 3.8) is 0 Å². The Morgan fingerprint density at radius 2 is 1.79 bits per heavy atom. The maximum absolute atomic E-state index is 13.1. The molecule has 0 aromatic heterocycles. The summed E-state index contributed by atoms with van der Waals surface area (Å²) < 4.78 is 5.30. The molecule has 5 nitrogen and oxygen atoms in total. The maximum Gasteiger partial charge on any atom is 0.332 e. The SMILES string of the molecule is C=C(C(=O)O)C1(c2ccc(OC)cc2)C=CC(=O)C(CCCc2ccccc2)=C1N1CCC1. The summed E-state index contributed by atoms with van der Waals surface area (Å²) in [5.41, 5.74) is 2.38. The summed E-state index contributed by atoms with van der Waals surface area (Å²) in [4.78, 5) is 27.6. The molecule has 5 heteroatoms. The average Bonchev–Trinajstić information content (AvgIpc) is 2.80. The highest BCUT2D eigenvalue weighted by Gasteiger charge is 2.47. The molecule has 2 aromatic carbocycles. The number of rotatable bonds is 9. The molecule has 0 amide bonds. The molecule has 2 aromatic rings. The maximum atomic E-state index is 13.1. The summed E-state index contributed by atoms with van der Waals surface area (Å²) in [6, 6.07) is 17.6. The van der Waals surface area contributed by atoms with Gasteiger partial charge in [-0.2, -0.15) is 0 Å². The third-order valence-corrected chi connectivity index (χ3v) is 6.63. The molecule has 0 spiro atoms. The van der Waals surface area contributed by atoms with E-state index in [4.69, 9.17) is 4.74 Å². The van der Waals surface area contributed by atoms with Crippen LogP contribution in [0.3, 0.4) is 0 Å². The van der Waals surface area contributed by atoms with Gasteiger partial charge < -0.3 is 14.7 Å². The number of benzene rings is 2. The van der Waals surface area contributed by atoms with E-state index in [2.05, 4.69) is 23.6 Å². The highest BCUT2D eigenvalue weighted by molar-refractivity contribution is 6.08. The zero-order valence-electron chi connectivity index (χ0n) is 18.9. The second kappa shape index (κ2) is 9.49. The average molecular weight is 444 g/mol. The molecule has 1 unspecified atom stereocenters. The Hall–Kier alpha value is -3.60. The van der Waals surface area contributed by atoms with Crippen LogP contribution < -0.4 is 4.74 Å². The monoisotopic (exact) mass is 443 g/mol. The zero-order chi connectivity index (χ0) is 23.4. The Labute approximate surface area is 194 Å². The van der Waals surface area contributed by atoms with E-state index < -0.39 is 11.4 Å². The van der Waals surface area contributed by atoms with Gasteiger partial charge in [0.2, 0.25) is 0 Å². The van der Waals surface area contributed by atoms with Crippen molar-refractivity contribution in [3.05, 3.63) is 101 Å². The highest BCUT2D eigenvalue weighted by atomic mass is 16.5. The number of hydrogen-bond acceptors (Lipinski definition) is 4. The summed E-state index contributed by atoms with van der Waals surface area (Å²) in [6.45, 7) is 5.58. The fourth-order valence-corrected chi connectivity index (χ4v) is 4.74. The number of nitrogens with zero attached hydrogens (tertiary/aromatic N) is 1. The van der Waals surface area contributed by atoms with E-state index in [1.165, 1.54) is 11.6 Å². The number of aliphatic carboxylic acids is 1. The first kappa shape index (κ1) is 22.6. The summed E-state index contributed by atoms with van der Waals surface area (Å²) >= 11 is 0. The Bertz CT molecular complexity index is 1110. The van der Waals surface area contributed by atoms with Gasteiger partial charge in [0.25, 0.3) is 0 Å². The lowest BCUT2D eigenvalue weighted by atomic mass is 9.66. The summed E-state index contributed by atoms with van der Waals surface area (Å²) in [7, 11) is 1.59. The Balaban J connectivity index is 1.80. The largest absolute Gasteiger partial charge is 0.497 e. The van der Waals surface area contributed by atoms with Gasteiger partial charge in [-0.1, -0.05) is 55.1 Å². The van der Waals surface area contributed by atoms with E-state index in [0.29, 0.717) is 17.7 Å². The number of ketones is 1. The number of allylic oxidation sites excluding steroid dienone is 3. The number of carboxylic acids is 1. The third kappa shape index (κ3) is 4.23. The van der Waals surface area contributed by atoms with Crippen LogP contribution in [0.4, 0.5) is 0 Å². The second-order valence-corrected chi connectivity index (χ2v) is 8.52. The van der Waals surface area contributed by atoms with Crippen LogP contribution in [0.25, 0.3) is 0 Å². The standard InChI is InChI=1S/C28H29NO4/c1-20(27(31)32)28(22-12-14-23(33-2)15-13-22)17-16-25(30)24(26(28)29-18-7-19-29)11-6-10-21-8-4-3-5-9-21/h3-5,8-9,12-17H,1,6-7,10-11,18-19H2,2H3,(H,31,32). The van der Waals surface area contributed by atoms with Crippen molar-refractivity contribution in [2.75, 3.05) is 20.2 Å². The van der Waals surface area contributed by atoms with Crippen molar-refractivity contribution in [2.24, 2.45) is 0 Å². The molecule has 1 saturated heterocycles. The van der Waals surface area contributed by atoms with E-state index in [9.17, 15) is 14.7 Å². The number of carboxylic acid groups (broad SMARTS) is 1. The smallest absolute Gasteiger partial charge is 0.332 e. The second-order valence-electron chi connectivity index (χ2n) is 8.52. The lowest BCUT2D eigenvalue weighted by molar-refractivity contribution is -0.133. The summed E-state index contributed by atoms with van der Waals surface area (Å²) in [6.07, 6.45) is 6.49. The van der Waals surface area contributed by atoms with Crippen LogP contribution in [0.5, 0.6) is 5.75 Å². The number of hydrogen-bond donors (Lipinski definition) is 1. The lowest BCUT2D eigenvalue weighted by Gasteiger charge is -2.47. The first-order valence-electron chi connectivity index (χ1n) is 11.3. The predicted octanol–water partition coefficient (Wildman–Crippen LogP) is 4.70. The number of likely N-dealkylation sites (tertiary alicyclic amines) is 1. The normalized spacial score (nSPS) is 19.9. The molecule has 0 bridgehead atoms. The molecule has 1 aliphatic heterocycles. The zero-order valence-corrected chi connectivity index (χ0v) is 18.9. The molecule has 1 atom stereocenters. The van der Waals surface area contributed by atoms with Crippen molar-refractivity contribution < 1.29 is 19.4 Å². The quantitative estimate of drug-likeness (QED) is 0.569. The first-order valence-corrected chi connectivity index (χ1v) is 11.3. The van der Waals surface area contributed by atoms with Gasteiger partial charge in [0.05, 0.1) is 18.1 Å². The number of methoxy groups -OCH3 is 1. The van der Waals surface area contributed by atoms with Crippen LogP contribution in [0, 0.1) is 0 Å². The minimum atomic E-state index is -1.10. The van der Waals surface area contributed by atoms with Crippen molar-refractivity contribution >= 4 is 11.8 Å². The number of aryl methyl sites for hydroxylation is 1. The van der Waals surface area contributed by atoms with Gasteiger partial charge in [-0.15, -0.1) is 0 Å². The van der Waals surface area contributed by atoms with Crippen molar-refractivity contribution in [3.8, 4) is 5.75 Å². The number of carbonyl (C=O) groups is 2. The molecule has 4 rings (SSSR count).